The van der Waals surface area contributed by atoms with Gasteiger partial charge in [0.2, 0.25) is 0 Å². The Kier molecular flexibility index (Phi) is 1.66. The molecule has 0 saturated carbocycles. The SMILES string of the molecule is Cc1cc(Br)cn2nc(C3CO3)nc12. The minimum Gasteiger partial charge on any atom is -0.365 e. The summed E-state index contributed by atoms with van der Waals surface area (Å²) in [6.07, 6.45) is 2.02. The van der Waals surface area contributed by atoms with Gasteiger partial charge in [0.1, 0.15) is 6.10 Å². The largest absolute Gasteiger partial charge is 0.365 e. The van der Waals surface area contributed by atoms with Crippen molar-refractivity contribution >= 4 is 21.6 Å². The van der Waals surface area contributed by atoms with Crippen molar-refractivity contribution in [2.45, 2.75) is 13.0 Å². The van der Waals surface area contributed by atoms with Crippen molar-refractivity contribution in [2.24, 2.45) is 0 Å². The molecule has 5 heteroatoms. The third kappa shape index (κ3) is 1.24. The molecule has 1 aliphatic heterocycles. The standard InChI is InChI=1S/C9H8BrN3O/c1-5-2-6(10)3-13-9(5)11-8(12-13)7-4-14-7/h2-3,7H,4H2,1H3. The lowest BCUT2D eigenvalue weighted by Gasteiger charge is -1.96. The first-order valence-corrected chi connectivity index (χ1v) is 5.17. The van der Waals surface area contributed by atoms with Crippen LogP contribution in [0.25, 0.3) is 5.65 Å². The molecule has 4 nitrogen and oxygen atoms in total. The van der Waals surface area contributed by atoms with Crippen molar-refractivity contribution in [1.29, 1.82) is 0 Å². The van der Waals surface area contributed by atoms with Crippen LogP contribution in [-0.2, 0) is 4.74 Å². The summed E-state index contributed by atoms with van der Waals surface area (Å²) < 4.78 is 7.94. The molecule has 0 amide bonds. The minimum absolute atomic E-state index is 0.119. The number of epoxide rings is 1. The van der Waals surface area contributed by atoms with Crippen LogP contribution in [0.3, 0.4) is 0 Å². The van der Waals surface area contributed by atoms with Gasteiger partial charge in [-0.2, -0.15) is 0 Å². The van der Waals surface area contributed by atoms with Crippen LogP contribution < -0.4 is 0 Å². The number of hydrogen-bond acceptors (Lipinski definition) is 3. The molecule has 1 aliphatic rings. The zero-order valence-corrected chi connectivity index (χ0v) is 9.15. The second kappa shape index (κ2) is 2.77. The van der Waals surface area contributed by atoms with Crippen molar-refractivity contribution in [3.8, 4) is 0 Å². The van der Waals surface area contributed by atoms with Gasteiger partial charge >= 0.3 is 0 Å². The monoisotopic (exact) mass is 253 g/mol. The van der Waals surface area contributed by atoms with Crippen molar-refractivity contribution in [2.75, 3.05) is 6.61 Å². The fourth-order valence-electron chi connectivity index (χ4n) is 1.46. The summed E-state index contributed by atoms with van der Waals surface area (Å²) in [5.74, 6) is 0.784. The number of nitrogens with zero attached hydrogens (tertiary/aromatic N) is 3. The Bertz CT molecular complexity index is 504. The Morgan fingerprint density at radius 1 is 1.64 bits per heavy atom. The highest BCUT2D eigenvalue weighted by Crippen LogP contribution is 2.28. The summed E-state index contributed by atoms with van der Waals surface area (Å²) in [6.45, 7) is 2.77. The predicted octanol–water partition coefficient (Wildman–Crippen LogP) is 1.87. The van der Waals surface area contributed by atoms with E-state index < -0.39 is 0 Å². The highest BCUT2D eigenvalue weighted by atomic mass is 79.9. The van der Waals surface area contributed by atoms with E-state index in [2.05, 4.69) is 26.0 Å². The Hall–Kier alpha value is -0.940. The van der Waals surface area contributed by atoms with E-state index in [1.165, 1.54) is 0 Å². The summed E-state index contributed by atoms with van der Waals surface area (Å²) in [7, 11) is 0. The number of rotatable bonds is 1. The van der Waals surface area contributed by atoms with Gasteiger partial charge in [0.25, 0.3) is 0 Å². The molecule has 0 aromatic carbocycles. The average molecular weight is 254 g/mol. The van der Waals surface area contributed by atoms with Gasteiger partial charge in [-0.15, -0.1) is 5.10 Å². The first kappa shape index (κ1) is 8.38. The molecule has 0 spiro atoms. The number of halogens is 1. The van der Waals surface area contributed by atoms with Gasteiger partial charge in [0.05, 0.1) is 6.61 Å². The van der Waals surface area contributed by atoms with Gasteiger partial charge in [-0.25, -0.2) is 9.50 Å². The number of ether oxygens (including phenoxy) is 1. The number of aromatic nitrogens is 3. The molecule has 72 valence electrons. The highest BCUT2D eigenvalue weighted by molar-refractivity contribution is 9.10. The molecule has 0 aliphatic carbocycles. The topological polar surface area (TPSA) is 42.7 Å². The second-order valence-electron chi connectivity index (χ2n) is 3.40. The summed E-state index contributed by atoms with van der Waals surface area (Å²) >= 11 is 3.43. The van der Waals surface area contributed by atoms with Crippen LogP contribution >= 0.6 is 15.9 Å². The molecule has 0 N–H and O–H groups in total. The molecule has 2 aromatic rings. The van der Waals surface area contributed by atoms with Crippen LogP contribution in [-0.4, -0.2) is 21.2 Å². The smallest absolute Gasteiger partial charge is 0.182 e. The quantitative estimate of drug-likeness (QED) is 0.729. The van der Waals surface area contributed by atoms with Crippen LogP contribution in [0.15, 0.2) is 16.7 Å². The third-order valence-electron chi connectivity index (χ3n) is 2.22. The fraction of sp³-hybridized carbons (Fsp3) is 0.333. The zero-order valence-electron chi connectivity index (χ0n) is 7.57. The Labute approximate surface area is 89.0 Å². The maximum Gasteiger partial charge on any atom is 0.182 e. The van der Waals surface area contributed by atoms with Crippen LogP contribution in [0.4, 0.5) is 0 Å². The summed E-state index contributed by atoms with van der Waals surface area (Å²) in [4.78, 5) is 4.42. The van der Waals surface area contributed by atoms with Gasteiger partial charge < -0.3 is 4.74 Å². The van der Waals surface area contributed by atoms with Crippen LogP contribution in [0.1, 0.15) is 17.5 Å². The molecule has 2 aromatic heterocycles. The van der Waals surface area contributed by atoms with E-state index in [9.17, 15) is 0 Å². The Morgan fingerprint density at radius 3 is 3.14 bits per heavy atom. The zero-order chi connectivity index (χ0) is 9.71. The van der Waals surface area contributed by atoms with Gasteiger partial charge in [0, 0.05) is 10.7 Å². The lowest BCUT2D eigenvalue weighted by molar-refractivity contribution is 0.406. The van der Waals surface area contributed by atoms with Crippen molar-refractivity contribution in [3.05, 3.63) is 28.1 Å². The first-order chi connectivity index (χ1) is 6.74. The summed E-state index contributed by atoms with van der Waals surface area (Å²) in [6, 6.07) is 2.03. The van der Waals surface area contributed by atoms with Crippen LogP contribution in [0.2, 0.25) is 0 Å². The van der Waals surface area contributed by atoms with E-state index >= 15 is 0 Å². The number of aryl methyl sites for hydroxylation is 1. The molecule has 3 rings (SSSR count). The van der Waals surface area contributed by atoms with E-state index in [-0.39, 0.29) is 6.10 Å². The molecule has 0 bridgehead atoms. The molecule has 3 heterocycles. The van der Waals surface area contributed by atoms with Crippen LogP contribution in [0, 0.1) is 6.92 Å². The highest BCUT2D eigenvalue weighted by Gasteiger charge is 2.29. The molecule has 0 radical (unpaired) electrons. The van der Waals surface area contributed by atoms with Crippen molar-refractivity contribution < 1.29 is 4.74 Å². The van der Waals surface area contributed by atoms with Gasteiger partial charge in [-0.3, -0.25) is 0 Å². The molecule has 14 heavy (non-hydrogen) atoms. The lowest BCUT2D eigenvalue weighted by atomic mass is 10.3. The fourth-order valence-corrected chi connectivity index (χ4v) is 2.00. The Balaban J connectivity index is 2.26. The number of pyridine rings is 1. The molecule has 1 fully saturated rings. The molecular weight excluding hydrogens is 246 g/mol. The van der Waals surface area contributed by atoms with Crippen molar-refractivity contribution in [3.63, 3.8) is 0 Å². The first-order valence-electron chi connectivity index (χ1n) is 4.38. The van der Waals surface area contributed by atoms with E-state index in [1.54, 1.807) is 4.52 Å². The molecule has 1 atom stereocenters. The maximum absolute atomic E-state index is 5.14. The van der Waals surface area contributed by atoms with Gasteiger partial charge in [0.15, 0.2) is 11.5 Å². The van der Waals surface area contributed by atoms with E-state index in [0.717, 1.165) is 28.1 Å². The maximum atomic E-state index is 5.14. The Morgan fingerprint density at radius 2 is 2.43 bits per heavy atom. The number of hydrogen-bond donors (Lipinski definition) is 0. The normalized spacial score (nSPS) is 20.3. The average Bonchev–Trinajstić information content (AvgIpc) is 2.87. The predicted molar refractivity (Wildman–Crippen MR) is 54.1 cm³/mol. The summed E-state index contributed by atoms with van der Waals surface area (Å²) in [5, 5.41) is 4.35. The van der Waals surface area contributed by atoms with Crippen LogP contribution in [0.5, 0.6) is 0 Å². The number of fused-ring (bicyclic) bond motifs is 1. The van der Waals surface area contributed by atoms with Gasteiger partial charge in [-0.1, -0.05) is 0 Å². The molecular formula is C9H8BrN3O. The molecule has 1 saturated heterocycles. The summed E-state index contributed by atoms with van der Waals surface area (Å²) in [5.41, 5.74) is 2.01. The second-order valence-corrected chi connectivity index (χ2v) is 4.32. The van der Waals surface area contributed by atoms with E-state index in [1.807, 2.05) is 19.2 Å². The molecule has 1 unspecified atom stereocenters. The van der Waals surface area contributed by atoms with E-state index in [0.29, 0.717) is 0 Å². The van der Waals surface area contributed by atoms with E-state index in [4.69, 9.17) is 4.74 Å². The van der Waals surface area contributed by atoms with Gasteiger partial charge in [-0.05, 0) is 34.5 Å². The lowest BCUT2D eigenvalue weighted by Crippen LogP contribution is -1.89. The third-order valence-corrected chi connectivity index (χ3v) is 2.66. The van der Waals surface area contributed by atoms with Crippen molar-refractivity contribution in [1.82, 2.24) is 14.6 Å². The minimum atomic E-state index is 0.119.